The summed E-state index contributed by atoms with van der Waals surface area (Å²) in [5, 5.41) is 11.7. The maximum Gasteiger partial charge on any atom is 0.326 e. The molecule has 0 radical (unpaired) electrons. The van der Waals surface area contributed by atoms with Crippen LogP contribution in [0.1, 0.15) is 32.3 Å². The van der Waals surface area contributed by atoms with Crippen molar-refractivity contribution in [2.75, 3.05) is 7.11 Å². The maximum absolute atomic E-state index is 11.9. The molecule has 0 bridgehead atoms. The number of rotatable bonds is 8. The van der Waals surface area contributed by atoms with Crippen LogP contribution in [0.4, 0.5) is 0 Å². The molecule has 0 saturated heterocycles. The average Bonchev–Trinajstić information content (AvgIpc) is 2.44. The van der Waals surface area contributed by atoms with Crippen LogP contribution in [0, 0.1) is 5.92 Å². The first-order valence-electron chi connectivity index (χ1n) is 7.07. The molecule has 1 atom stereocenters. The summed E-state index contributed by atoms with van der Waals surface area (Å²) < 4.78 is 5.12. The normalized spacial score (nSPS) is 12.0. The number of nitrogens with one attached hydrogen (secondary N) is 1. The van der Waals surface area contributed by atoms with E-state index in [9.17, 15) is 9.59 Å². The summed E-state index contributed by atoms with van der Waals surface area (Å²) in [4.78, 5) is 23.0. The van der Waals surface area contributed by atoms with Gasteiger partial charge in [-0.05, 0) is 36.5 Å². The van der Waals surface area contributed by atoms with Crippen molar-refractivity contribution in [3.05, 3.63) is 29.8 Å². The number of hydrogen-bond acceptors (Lipinski definition) is 3. The average molecular weight is 293 g/mol. The fraction of sp³-hybridized carbons (Fsp3) is 0.500. The summed E-state index contributed by atoms with van der Waals surface area (Å²) >= 11 is 0. The van der Waals surface area contributed by atoms with Gasteiger partial charge in [0.2, 0.25) is 5.91 Å². The van der Waals surface area contributed by atoms with E-state index in [4.69, 9.17) is 9.84 Å². The number of carbonyl (C=O) groups excluding carboxylic acids is 1. The summed E-state index contributed by atoms with van der Waals surface area (Å²) in [5.41, 5.74) is 0.986. The molecule has 5 nitrogen and oxygen atoms in total. The standard InChI is InChI=1S/C16H23NO4/c1-11(2)9-14(16(19)20)17-15(18)8-7-12-5-4-6-13(10-12)21-3/h4-6,10-11,14H,7-9H2,1-3H3,(H,17,18)(H,19,20). The van der Waals surface area contributed by atoms with E-state index < -0.39 is 12.0 Å². The molecule has 0 aromatic heterocycles. The predicted octanol–water partition coefficient (Wildman–Crippen LogP) is 2.24. The van der Waals surface area contributed by atoms with Gasteiger partial charge < -0.3 is 15.2 Å². The number of carboxylic acids is 1. The Morgan fingerprint density at radius 3 is 2.62 bits per heavy atom. The Bertz CT molecular complexity index is 485. The number of aryl methyl sites for hydroxylation is 1. The Labute approximate surface area is 125 Å². The molecule has 21 heavy (non-hydrogen) atoms. The van der Waals surface area contributed by atoms with Gasteiger partial charge in [0.25, 0.3) is 0 Å². The highest BCUT2D eigenvalue weighted by Gasteiger charge is 2.20. The van der Waals surface area contributed by atoms with Gasteiger partial charge in [0.05, 0.1) is 7.11 Å². The van der Waals surface area contributed by atoms with Crippen LogP contribution in [0.25, 0.3) is 0 Å². The molecule has 116 valence electrons. The summed E-state index contributed by atoms with van der Waals surface area (Å²) in [6, 6.07) is 6.68. The molecule has 0 aliphatic rings. The number of aliphatic carboxylic acids is 1. The molecule has 0 aliphatic heterocycles. The van der Waals surface area contributed by atoms with Crippen molar-refractivity contribution in [1.29, 1.82) is 0 Å². The largest absolute Gasteiger partial charge is 0.497 e. The smallest absolute Gasteiger partial charge is 0.326 e. The monoisotopic (exact) mass is 293 g/mol. The first-order valence-corrected chi connectivity index (χ1v) is 7.07. The lowest BCUT2D eigenvalue weighted by molar-refractivity contribution is -0.142. The first kappa shape index (κ1) is 17.0. The van der Waals surface area contributed by atoms with Crippen molar-refractivity contribution in [1.82, 2.24) is 5.32 Å². The summed E-state index contributed by atoms with van der Waals surface area (Å²) in [6.07, 6.45) is 1.24. The summed E-state index contributed by atoms with van der Waals surface area (Å²) in [7, 11) is 1.59. The van der Waals surface area contributed by atoms with Gasteiger partial charge in [-0.25, -0.2) is 4.79 Å². The molecular formula is C16H23NO4. The van der Waals surface area contributed by atoms with E-state index in [1.54, 1.807) is 7.11 Å². The van der Waals surface area contributed by atoms with E-state index in [2.05, 4.69) is 5.32 Å². The number of methoxy groups -OCH3 is 1. The minimum Gasteiger partial charge on any atom is -0.497 e. The highest BCUT2D eigenvalue weighted by molar-refractivity contribution is 5.83. The highest BCUT2D eigenvalue weighted by Crippen LogP contribution is 2.14. The van der Waals surface area contributed by atoms with Gasteiger partial charge in [0, 0.05) is 6.42 Å². The van der Waals surface area contributed by atoms with Gasteiger partial charge >= 0.3 is 5.97 Å². The van der Waals surface area contributed by atoms with Crippen molar-refractivity contribution in [3.63, 3.8) is 0 Å². The van der Waals surface area contributed by atoms with Crippen LogP contribution in [0.3, 0.4) is 0 Å². The van der Waals surface area contributed by atoms with Crippen LogP contribution in [-0.2, 0) is 16.0 Å². The quantitative estimate of drug-likeness (QED) is 0.770. The molecule has 5 heteroatoms. The second kappa shape index (κ2) is 8.29. The lowest BCUT2D eigenvalue weighted by atomic mass is 10.0. The Morgan fingerprint density at radius 2 is 2.05 bits per heavy atom. The number of hydrogen-bond donors (Lipinski definition) is 2. The van der Waals surface area contributed by atoms with E-state index in [0.717, 1.165) is 11.3 Å². The van der Waals surface area contributed by atoms with Crippen molar-refractivity contribution < 1.29 is 19.4 Å². The van der Waals surface area contributed by atoms with E-state index in [1.807, 2.05) is 38.1 Å². The van der Waals surface area contributed by atoms with Gasteiger partial charge in [-0.3, -0.25) is 4.79 Å². The molecule has 1 unspecified atom stereocenters. The molecule has 1 rings (SSSR count). The molecule has 0 fully saturated rings. The number of ether oxygens (including phenoxy) is 1. The van der Waals surface area contributed by atoms with Gasteiger partial charge in [-0.15, -0.1) is 0 Å². The Hall–Kier alpha value is -2.04. The highest BCUT2D eigenvalue weighted by atomic mass is 16.5. The van der Waals surface area contributed by atoms with E-state index in [0.29, 0.717) is 12.8 Å². The first-order chi connectivity index (χ1) is 9.92. The minimum absolute atomic E-state index is 0.213. The zero-order valence-corrected chi connectivity index (χ0v) is 12.8. The molecule has 0 aliphatic carbocycles. The van der Waals surface area contributed by atoms with Crippen LogP contribution < -0.4 is 10.1 Å². The third-order valence-corrected chi connectivity index (χ3v) is 3.12. The van der Waals surface area contributed by atoms with Crippen LogP contribution in [0.5, 0.6) is 5.75 Å². The van der Waals surface area contributed by atoms with E-state index in [1.165, 1.54) is 0 Å². The van der Waals surface area contributed by atoms with Crippen LogP contribution in [0.15, 0.2) is 24.3 Å². The van der Waals surface area contributed by atoms with Gasteiger partial charge in [-0.2, -0.15) is 0 Å². The third kappa shape index (κ3) is 6.29. The second-order valence-electron chi connectivity index (χ2n) is 5.44. The van der Waals surface area contributed by atoms with Gasteiger partial charge in [0.15, 0.2) is 0 Å². The molecule has 1 aromatic carbocycles. The fourth-order valence-electron chi connectivity index (χ4n) is 2.05. The summed E-state index contributed by atoms with van der Waals surface area (Å²) in [5.74, 6) is -0.273. The zero-order valence-electron chi connectivity index (χ0n) is 12.8. The van der Waals surface area contributed by atoms with Crippen molar-refractivity contribution >= 4 is 11.9 Å². The Balaban J connectivity index is 2.50. The lowest BCUT2D eigenvalue weighted by Crippen LogP contribution is -2.41. The molecule has 0 heterocycles. The third-order valence-electron chi connectivity index (χ3n) is 3.12. The summed E-state index contributed by atoms with van der Waals surface area (Å²) in [6.45, 7) is 3.86. The maximum atomic E-state index is 11.9. The van der Waals surface area contributed by atoms with E-state index in [-0.39, 0.29) is 18.2 Å². The molecule has 1 amide bonds. The Morgan fingerprint density at radius 1 is 1.33 bits per heavy atom. The van der Waals surface area contributed by atoms with E-state index >= 15 is 0 Å². The topological polar surface area (TPSA) is 75.6 Å². The minimum atomic E-state index is -0.988. The SMILES string of the molecule is COc1cccc(CCC(=O)NC(CC(C)C)C(=O)O)c1. The number of carboxylic acid groups (broad SMARTS) is 1. The fourth-order valence-corrected chi connectivity index (χ4v) is 2.05. The lowest BCUT2D eigenvalue weighted by Gasteiger charge is -2.16. The second-order valence-corrected chi connectivity index (χ2v) is 5.44. The molecule has 1 aromatic rings. The Kier molecular flexibility index (Phi) is 6.72. The molecule has 2 N–H and O–H groups in total. The van der Waals surface area contributed by atoms with Crippen LogP contribution in [0.2, 0.25) is 0 Å². The number of carbonyl (C=O) groups is 2. The van der Waals surface area contributed by atoms with Gasteiger partial charge in [-0.1, -0.05) is 26.0 Å². The predicted molar refractivity (Wildman–Crippen MR) is 80.3 cm³/mol. The molecular weight excluding hydrogens is 270 g/mol. The number of amides is 1. The van der Waals surface area contributed by atoms with Crippen molar-refractivity contribution in [2.45, 2.75) is 39.2 Å². The van der Waals surface area contributed by atoms with Crippen LogP contribution in [-0.4, -0.2) is 30.1 Å². The molecule has 0 spiro atoms. The zero-order chi connectivity index (χ0) is 15.8. The van der Waals surface area contributed by atoms with Crippen molar-refractivity contribution in [3.8, 4) is 5.75 Å². The van der Waals surface area contributed by atoms with Gasteiger partial charge in [0.1, 0.15) is 11.8 Å². The number of benzene rings is 1. The molecule has 0 saturated carbocycles. The van der Waals surface area contributed by atoms with Crippen LogP contribution >= 0.6 is 0 Å². The van der Waals surface area contributed by atoms with Crippen molar-refractivity contribution in [2.24, 2.45) is 5.92 Å².